The van der Waals surface area contributed by atoms with Gasteiger partial charge in [-0.25, -0.2) is 23.9 Å². The summed E-state index contributed by atoms with van der Waals surface area (Å²) in [5.41, 5.74) is 5.75. The van der Waals surface area contributed by atoms with Crippen molar-refractivity contribution >= 4 is 11.6 Å². The lowest BCUT2D eigenvalue weighted by Crippen LogP contribution is -2.28. The van der Waals surface area contributed by atoms with Crippen LogP contribution in [0.5, 0.6) is 0 Å². The predicted molar refractivity (Wildman–Crippen MR) is 134 cm³/mol. The lowest BCUT2D eigenvalue weighted by atomic mass is 10.0. The highest BCUT2D eigenvalue weighted by Crippen LogP contribution is 2.38. The van der Waals surface area contributed by atoms with Crippen LogP contribution in [0.25, 0.3) is 5.69 Å². The van der Waals surface area contributed by atoms with E-state index in [1.165, 1.54) is 12.1 Å². The summed E-state index contributed by atoms with van der Waals surface area (Å²) in [4.78, 5) is 20.3. The number of anilines is 1. The Labute approximate surface area is 212 Å². The van der Waals surface area contributed by atoms with Gasteiger partial charge in [0.15, 0.2) is 0 Å². The molecule has 2 aromatic carbocycles. The van der Waals surface area contributed by atoms with Crippen LogP contribution < -0.4 is 10.4 Å². The van der Waals surface area contributed by atoms with E-state index in [0.717, 1.165) is 28.6 Å². The normalized spacial score (nSPS) is 14.7. The minimum absolute atomic E-state index is 0.0130. The number of pyridine rings is 1. The van der Waals surface area contributed by atoms with Gasteiger partial charge in [0.25, 0.3) is 5.91 Å². The number of aromatic nitrogens is 3. The second-order valence-electron chi connectivity index (χ2n) is 9.21. The third-order valence-corrected chi connectivity index (χ3v) is 6.49. The van der Waals surface area contributed by atoms with Crippen LogP contribution in [-0.4, -0.2) is 50.9 Å². The van der Waals surface area contributed by atoms with Gasteiger partial charge in [-0.15, -0.1) is 0 Å². The maximum absolute atomic E-state index is 14.4. The number of nitrogens with zero attached hydrogens (tertiary/aromatic N) is 5. The first-order chi connectivity index (χ1) is 17.9. The molecule has 1 amide bonds. The third-order valence-electron chi connectivity index (χ3n) is 6.49. The van der Waals surface area contributed by atoms with Crippen molar-refractivity contribution in [2.45, 2.75) is 19.0 Å². The molecule has 0 bridgehead atoms. The van der Waals surface area contributed by atoms with Gasteiger partial charge in [-0.3, -0.25) is 10.0 Å². The van der Waals surface area contributed by atoms with Crippen molar-refractivity contribution in [2.24, 2.45) is 0 Å². The first-order valence-electron chi connectivity index (χ1n) is 11.8. The molecule has 1 aliphatic rings. The number of carbonyl (C=O) groups excluding carboxylic acids is 1. The second-order valence-corrected chi connectivity index (χ2v) is 9.21. The summed E-state index contributed by atoms with van der Waals surface area (Å²) in [7, 11) is 2.00. The Morgan fingerprint density at radius 3 is 2.73 bits per heavy atom. The SMILES string of the molecule is CN(Cc1cnn(-c2ccccc2)c1)CC1CN(Cc2ccc(F)cc2F)c2cnc(C(=O)NO)cc21. The van der Waals surface area contributed by atoms with Crippen LogP contribution >= 0.6 is 0 Å². The Morgan fingerprint density at radius 2 is 1.97 bits per heavy atom. The fourth-order valence-electron chi connectivity index (χ4n) is 4.78. The van der Waals surface area contributed by atoms with Crippen LogP contribution in [0.15, 0.2) is 73.2 Å². The molecule has 37 heavy (non-hydrogen) atoms. The van der Waals surface area contributed by atoms with Crippen molar-refractivity contribution in [1.82, 2.24) is 25.1 Å². The molecule has 4 aromatic rings. The quantitative estimate of drug-likeness (QED) is 0.280. The van der Waals surface area contributed by atoms with Crippen LogP contribution in [0.2, 0.25) is 0 Å². The zero-order valence-corrected chi connectivity index (χ0v) is 20.2. The molecule has 3 heterocycles. The van der Waals surface area contributed by atoms with Crippen molar-refractivity contribution < 1.29 is 18.8 Å². The van der Waals surface area contributed by atoms with Gasteiger partial charge in [-0.05, 0) is 36.9 Å². The third kappa shape index (κ3) is 5.35. The summed E-state index contributed by atoms with van der Waals surface area (Å²) >= 11 is 0. The molecule has 8 nitrogen and oxygen atoms in total. The molecular weight excluding hydrogens is 478 g/mol. The van der Waals surface area contributed by atoms with Gasteiger partial charge in [0, 0.05) is 55.5 Å². The average Bonchev–Trinajstić information content (AvgIpc) is 3.50. The molecule has 0 radical (unpaired) electrons. The molecule has 2 N–H and O–H groups in total. The molecule has 10 heteroatoms. The van der Waals surface area contributed by atoms with E-state index >= 15 is 0 Å². The van der Waals surface area contributed by atoms with Gasteiger partial charge < -0.3 is 9.80 Å². The maximum Gasteiger partial charge on any atom is 0.293 e. The van der Waals surface area contributed by atoms with Crippen LogP contribution in [0.1, 0.15) is 33.1 Å². The van der Waals surface area contributed by atoms with E-state index in [1.807, 2.05) is 59.4 Å². The summed E-state index contributed by atoms with van der Waals surface area (Å²) in [5.74, 6) is -1.95. The van der Waals surface area contributed by atoms with Gasteiger partial charge in [-0.1, -0.05) is 24.3 Å². The monoisotopic (exact) mass is 504 g/mol. The number of likely N-dealkylation sites (N-methyl/N-ethyl adjacent to an activating group) is 1. The summed E-state index contributed by atoms with van der Waals surface area (Å²) in [6.45, 7) is 2.10. The number of hydrogen-bond donors (Lipinski definition) is 2. The second kappa shape index (κ2) is 10.5. The highest BCUT2D eigenvalue weighted by molar-refractivity contribution is 5.92. The predicted octanol–water partition coefficient (Wildman–Crippen LogP) is 3.90. The molecule has 190 valence electrons. The van der Waals surface area contributed by atoms with E-state index in [2.05, 4.69) is 15.0 Å². The first kappa shape index (κ1) is 24.5. The standard InChI is InChI=1S/C27H26F2N6O2/c1-33(13-18-11-31-35(14-18)22-5-3-2-4-6-22)15-20-17-34(16-19-7-8-21(28)9-24(19)29)26-12-30-25(10-23(20)26)27(36)32-37/h2-12,14,20,37H,13,15-17H2,1H3,(H,32,36). The van der Waals surface area contributed by atoms with Crippen molar-refractivity contribution in [3.8, 4) is 5.69 Å². The van der Waals surface area contributed by atoms with E-state index in [1.54, 1.807) is 17.7 Å². The number of rotatable bonds is 8. The number of fused-ring (bicyclic) bond motifs is 1. The van der Waals surface area contributed by atoms with Crippen LogP contribution in [0.3, 0.4) is 0 Å². The summed E-state index contributed by atoms with van der Waals surface area (Å²) < 4.78 is 29.6. The average molecular weight is 505 g/mol. The van der Waals surface area contributed by atoms with Crippen LogP contribution in [-0.2, 0) is 13.1 Å². The van der Waals surface area contributed by atoms with Crippen molar-refractivity contribution in [1.29, 1.82) is 0 Å². The molecule has 0 aliphatic carbocycles. The lowest BCUT2D eigenvalue weighted by Gasteiger charge is -2.22. The molecule has 1 unspecified atom stereocenters. The largest absolute Gasteiger partial charge is 0.365 e. The summed E-state index contributed by atoms with van der Waals surface area (Å²) in [6, 6.07) is 15.1. The van der Waals surface area contributed by atoms with E-state index < -0.39 is 17.5 Å². The topological polar surface area (TPSA) is 86.5 Å². The van der Waals surface area contributed by atoms with Gasteiger partial charge in [-0.2, -0.15) is 5.10 Å². The zero-order chi connectivity index (χ0) is 25.9. The molecule has 0 saturated heterocycles. The van der Waals surface area contributed by atoms with E-state index in [-0.39, 0.29) is 18.2 Å². The fourth-order valence-corrected chi connectivity index (χ4v) is 4.78. The van der Waals surface area contributed by atoms with E-state index in [0.29, 0.717) is 25.2 Å². The van der Waals surface area contributed by atoms with Gasteiger partial charge in [0.2, 0.25) is 0 Å². The minimum Gasteiger partial charge on any atom is -0.365 e. The molecule has 1 atom stereocenters. The minimum atomic E-state index is -0.703. The molecule has 1 aliphatic heterocycles. The molecular formula is C27H26F2N6O2. The molecule has 0 fully saturated rings. The zero-order valence-electron chi connectivity index (χ0n) is 20.2. The molecule has 2 aromatic heterocycles. The van der Waals surface area contributed by atoms with Crippen LogP contribution in [0, 0.1) is 11.6 Å². The molecule has 0 saturated carbocycles. The Kier molecular flexibility index (Phi) is 6.93. The maximum atomic E-state index is 14.4. The van der Waals surface area contributed by atoms with E-state index in [4.69, 9.17) is 5.21 Å². The van der Waals surface area contributed by atoms with Crippen molar-refractivity contribution in [3.05, 3.63) is 107 Å². The summed E-state index contributed by atoms with van der Waals surface area (Å²) in [6.07, 6.45) is 5.39. The number of nitrogens with one attached hydrogen (secondary N) is 1. The number of hydrogen-bond acceptors (Lipinski definition) is 6. The Hall–Kier alpha value is -4.15. The van der Waals surface area contributed by atoms with Gasteiger partial charge in [0.1, 0.15) is 17.3 Å². The lowest BCUT2D eigenvalue weighted by molar-refractivity contribution is 0.0700. The van der Waals surface area contributed by atoms with Crippen molar-refractivity contribution in [2.75, 3.05) is 25.0 Å². The number of halogens is 2. The number of amides is 1. The van der Waals surface area contributed by atoms with E-state index in [9.17, 15) is 13.6 Å². The Morgan fingerprint density at radius 1 is 1.16 bits per heavy atom. The smallest absolute Gasteiger partial charge is 0.293 e. The number of para-hydroxylation sites is 1. The molecule has 0 spiro atoms. The van der Waals surface area contributed by atoms with Crippen LogP contribution in [0.4, 0.5) is 14.5 Å². The first-order valence-corrected chi connectivity index (χ1v) is 11.8. The Bertz CT molecular complexity index is 1410. The highest BCUT2D eigenvalue weighted by atomic mass is 19.1. The summed E-state index contributed by atoms with van der Waals surface area (Å²) in [5, 5.41) is 13.5. The fraction of sp³-hybridized carbons (Fsp3) is 0.222. The number of benzene rings is 2. The molecule has 5 rings (SSSR count). The van der Waals surface area contributed by atoms with Gasteiger partial charge in [0.05, 0.1) is 23.8 Å². The number of hydroxylamine groups is 1. The van der Waals surface area contributed by atoms with Crippen molar-refractivity contribution in [3.63, 3.8) is 0 Å². The number of carbonyl (C=O) groups is 1. The highest BCUT2D eigenvalue weighted by Gasteiger charge is 2.31. The van der Waals surface area contributed by atoms with Gasteiger partial charge >= 0.3 is 0 Å². The Balaban J connectivity index is 1.35.